The predicted molar refractivity (Wildman–Crippen MR) is 97.9 cm³/mol. The summed E-state index contributed by atoms with van der Waals surface area (Å²) in [5.74, 6) is -0.0873. The summed E-state index contributed by atoms with van der Waals surface area (Å²) in [6.07, 6.45) is 5.82. The first-order chi connectivity index (χ1) is 11.9. The highest BCUT2D eigenvalue weighted by atomic mass is 16.2. The lowest BCUT2D eigenvalue weighted by atomic mass is 10.1. The summed E-state index contributed by atoms with van der Waals surface area (Å²) in [6.45, 7) is 8.67. The van der Waals surface area contributed by atoms with E-state index in [4.69, 9.17) is 0 Å². The number of hydrogen-bond donors (Lipinski definition) is 1. The fourth-order valence-corrected chi connectivity index (χ4v) is 2.85. The lowest BCUT2D eigenvalue weighted by Crippen LogP contribution is -2.56. The molecular weight excluding hydrogens is 316 g/mol. The van der Waals surface area contributed by atoms with Crippen molar-refractivity contribution in [1.29, 1.82) is 0 Å². The Bertz CT molecular complexity index is 653. The van der Waals surface area contributed by atoms with Gasteiger partial charge in [-0.3, -0.25) is 19.5 Å². The Labute approximate surface area is 149 Å². The quantitative estimate of drug-likeness (QED) is 0.795. The molecule has 2 amide bonds. The second kappa shape index (κ2) is 8.76. The minimum Gasteiger partial charge on any atom is -0.353 e. The zero-order valence-electron chi connectivity index (χ0n) is 15.6. The number of aromatic nitrogens is 1. The van der Waals surface area contributed by atoms with Crippen LogP contribution in [0.1, 0.15) is 31.4 Å². The summed E-state index contributed by atoms with van der Waals surface area (Å²) in [7, 11) is 1.78. The molecule has 6 heteroatoms. The molecule has 1 N–H and O–H groups in total. The van der Waals surface area contributed by atoms with Crippen molar-refractivity contribution in [3.8, 4) is 0 Å². The van der Waals surface area contributed by atoms with Gasteiger partial charge in [0, 0.05) is 45.6 Å². The van der Waals surface area contributed by atoms with Crippen molar-refractivity contribution in [3.05, 3.63) is 41.2 Å². The monoisotopic (exact) mass is 344 g/mol. The molecule has 1 aromatic heterocycles. The van der Waals surface area contributed by atoms with Gasteiger partial charge in [-0.05, 0) is 38.0 Å². The number of piperazine rings is 1. The minimum absolute atomic E-state index is 0.0273. The van der Waals surface area contributed by atoms with Gasteiger partial charge in [-0.2, -0.15) is 0 Å². The average molecular weight is 344 g/mol. The number of hydrogen-bond acceptors (Lipinski definition) is 4. The normalized spacial score (nSPS) is 17.8. The molecular formula is C19H28N4O2. The van der Waals surface area contributed by atoms with Gasteiger partial charge in [0.1, 0.15) is 0 Å². The van der Waals surface area contributed by atoms with Crippen LogP contribution in [-0.2, 0) is 16.1 Å². The van der Waals surface area contributed by atoms with Gasteiger partial charge >= 0.3 is 0 Å². The third kappa shape index (κ3) is 5.39. The van der Waals surface area contributed by atoms with E-state index in [1.54, 1.807) is 24.3 Å². The third-order valence-corrected chi connectivity index (χ3v) is 4.51. The maximum atomic E-state index is 12.6. The van der Waals surface area contributed by atoms with Gasteiger partial charge in [-0.1, -0.05) is 11.6 Å². The number of nitrogens with zero attached hydrogens (tertiary/aromatic N) is 3. The smallest absolute Gasteiger partial charge is 0.237 e. The zero-order valence-corrected chi connectivity index (χ0v) is 15.6. The van der Waals surface area contributed by atoms with E-state index in [2.05, 4.69) is 21.3 Å². The molecule has 1 aromatic rings. The van der Waals surface area contributed by atoms with Gasteiger partial charge in [0.05, 0.1) is 12.5 Å². The predicted octanol–water partition coefficient (Wildman–Crippen LogP) is 1.51. The summed E-state index contributed by atoms with van der Waals surface area (Å²) in [5, 5.41) is 2.87. The zero-order chi connectivity index (χ0) is 18.4. The number of allylic oxidation sites excluding steroid dienone is 1. The van der Waals surface area contributed by atoms with E-state index < -0.39 is 6.04 Å². The molecule has 1 atom stereocenters. The van der Waals surface area contributed by atoms with Gasteiger partial charge in [0.2, 0.25) is 11.8 Å². The van der Waals surface area contributed by atoms with Crippen molar-refractivity contribution in [2.45, 2.75) is 39.8 Å². The van der Waals surface area contributed by atoms with Gasteiger partial charge < -0.3 is 10.2 Å². The molecule has 1 aliphatic rings. The number of carbonyl (C=O) groups excluding carboxylic acids is 2. The van der Waals surface area contributed by atoms with Crippen molar-refractivity contribution in [1.82, 2.24) is 20.1 Å². The summed E-state index contributed by atoms with van der Waals surface area (Å²) in [5.41, 5.74) is 3.34. The summed E-state index contributed by atoms with van der Waals surface area (Å²) < 4.78 is 0. The lowest BCUT2D eigenvalue weighted by molar-refractivity contribution is -0.138. The Morgan fingerprint density at radius 3 is 2.92 bits per heavy atom. The van der Waals surface area contributed by atoms with Crippen molar-refractivity contribution in [2.24, 2.45) is 0 Å². The van der Waals surface area contributed by atoms with Crippen LogP contribution in [-0.4, -0.2) is 59.3 Å². The SMILES string of the molecule is CC(C)=CCN1CCNC(=O)C1CC(=O)N(C)Cc1ccncc1C. The van der Waals surface area contributed by atoms with Crippen molar-refractivity contribution in [3.63, 3.8) is 0 Å². The molecule has 0 spiro atoms. The molecule has 2 heterocycles. The highest BCUT2D eigenvalue weighted by Crippen LogP contribution is 2.13. The van der Waals surface area contributed by atoms with Crippen molar-refractivity contribution in [2.75, 3.05) is 26.7 Å². The first-order valence-electron chi connectivity index (χ1n) is 8.67. The standard InChI is InChI=1S/C19H28N4O2/c1-14(2)6-9-23-10-8-21-19(25)17(23)11-18(24)22(4)13-16-5-7-20-12-15(16)3/h5-7,12,17H,8-11,13H2,1-4H3,(H,21,25). The molecule has 2 rings (SSSR count). The molecule has 0 aromatic carbocycles. The molecule has 1 fully saturated rings. The average Bonchev–Trinajstić information content (AvgIpc) is 2.57. The van der Waals surface area contributed by atoms with Crippen LogP contribution in [0.5, 0.6) is 0 Å². The number of nitrogens with one attached hydrogen (secondary N) is 1. The van der Waals surface area contributed by atoms with E-state index in [-0.39, 0.29) is 18.2 Å². The number of aryl methyl sites for hydroxylation is 1. The Hall–Kier alpha value is -2.21. The first kappa shape index (κ1) is 19.1. The van der Waals surface area contributed by atoms with Gasteiger partial charge in [0.15, 0.2) is 0 Å². The molecule has 0 aliphatic carbocycles. The van der Waals surface area contributed by atoms with Crippen LogP contribution in [0.4, 0.5) is 0 Å². The second-order valence-electron chi connectivity index (χ2n) is 6.84. The molecule has 1 saturated heterocycles. The van der Waals surface area contributed by atoms with Gasteiger partial charge in [-0.25, -0.2) is 0 Å². The van der Waals surface area contributed by atoms with E-state index in [0.29, 0.717) is 19.6 Å². The fraction of sp³-hybridized carbons (Fsp3) is 0.526. The van der Waals surface area contributed by atoms with Crippen LogP contribution >= 0.6 is 0 Å². The Balaban J connectivity index is 2.01. The number of carbonyl (C=O) groups is 2. The van der Waals surface area contributed by atoms with Crippen LogP contribution in [0.25, 0.3) is 0 Å². The Morgan fingerprint density at radius 1 is 1.48 bits per heavy atom. The topological polar surface area (TPSA) is 65.5 Å². The molecule has 136 valence electrons. The largest absolute Gasteiger partial charge is 0.353 e. The van der Waals surface area contributed by atoms with E-state index in [9.17, 15) is 9.59 Å². The maximum absolute atomic E-state index is 12.6. The van der Waals surface area contributed by atoms with E-state index in [1.165, 1.54) is 5.57 Å². The second-order valence-corrected chi connectivity index (χ2v) is 6.84. The molecule has 0 saturated carbocycles. The fourth-order valence-electron chi connectivity index (χ4n) is 2.85. The van der Waals surface area contributed by atoms with Crippen molar-refractivity contribution >= 4 is 11.8 Å². The maximum Gasteiger partial charge on any atom is 0.237 e. The van der Waals surface area contributed by atoms with Crippen LogP contribution in [0.2, 0.25) is 0 Å². The summed E-state index contributed by atoms with van der Waals surface area (Å²) in [6, 6.07) is 1.52. The van der Waals surface area contributed by atoms with Crippen LogP contribution in [0.3, 0.4) is 0 Å². The molecule has 6 nitrogen and oxygen atoms in total. The van der Waals surface area contributed by atoms with Crippen LogP contribution < -0.4 is 5.32 Å². The van der Waals surface area contributed by atoms with Gasteiger partial charge in [0.25, 0.3) is 0 Å². The highest BCUT2D eigenvalue weighted by molar-refractivity contribution is 5.88. The van der Waals surface area contributed by atoms with Gasteiger partial charge in [-0.15, -0.1) is 0 Å². The Morgan fingerprint density at radius 2 is 2.24 bits per heavy atom. The number of amides is 2. The van der Waals surface area contributed by atoms with Crippen LogP contribution in [0, 0.1) is 6.92 Å². The molecule has 1 aliphatic heterocycles. The first-order valence-corrected chi connectivity index (χ1v) is 8.67. The summed E-state index contributed by atoms with van der Waals surface area (Å²) >= 11 is 0. The third-order valence-electron chi connectivity index (χ3n) is 4.51. The van der Waals surface area contributed by atoms with E-state index in [0.717, 1.165) is 17.7 Å². The highest BCUT2D eigenvalue weighted by Gasteiger charge is 2.31. The number of rotatable bonds is 6. The Kier molecular flexibility index (Phi) is 6.70. The molecule has 1 unspecified atom stereocenters. The van der Waals surface area contributed by atoms with E-state index in [1.807, 2.05) is 26.8 Å². The van der Waals surface area contributed by atoms with Crippen molar-refractivity contribution < 1.29 is 9.59 Å². The molecule has 0 radical (unpaired) electrons. The number of pyridine rings is 1. The van der Waals surface area contributed by atoms with E-state index >= 15 is 0 Å². The van der Waals surface area contributed by atoms with Crippen LogP contribution in [0.15, 0.2) is 30.1 Å². The lowest BCUT2D eigenvalue weighted by Gasteiger charge is -2.34. The molecule has 0 bridgehead atoms. The minimum atomic E-state index is -0.405. The summed E-state index contributed by atoms with van der Waals surface area (Å²) in [4.78, 5) is 32.8. The molecule has 25 heavy (non-hydrogen) atoms.